The Kier molecular flexibility index (Phi) is 8.62. The smallest absolute Gasteiger partial charge is 0.258 e. The number of carbonyl (C=O) groups excluding carboxylic acids is 1. The Morgan fingerprint density at radius 1 is 0.976 bits per heavy atom. The molecule has 4 N–H and O–H groups in total. The number of fused-ring (bicyclic) bond motifs is 1. The summed E-state index contributed by atoms with van der Waals surface area (Å²) in [4.78, 5) is 16.1. The zero-order chi connectivity index (χ0) is 28.9. The van der Waals surface area contributed by atoms with Gasteiger partial charge in [-0.05, 0) is 98.8 Å². The van der Waals surface area contributed by atoms with E-state index in [1.54, 1.807) is 0 Å². The second kappa shape index (κ2) is 12.9. The van der Waals surface area contributed by atoms with E-state index in [0.29, 0.717) is 36.6 Å². The van der Waals surface area contributed by atoms with Gasteiger partial charge in [-0.15, -0.1) is 0 Å². The molecule has 42 heavy (non-hydrogen) atoms. The van der Waals surface area contributed by atoms with Gasteiger partial charge in [-0.3, -0.25) is 9.89 Å². The third-order valence-corrected chi connectivity index (χ3v) is 7.99. The molecule has 2 fully saturated rings. The second-order valence-electron chi connectivity index (χ2n) is 11.1. The first-order valence-electron chi connectivity index (χ1n) is 14.7. The van der Waals surface area contributed by atoms with Crippen LogP contribution >= 0.6 is 0 Å². The summed E-state index contributed by atoms with van der Waals surface area (Å²) in [6, 6.07) is 15.1. The van der Waals surface area contributed by atoms with Crippen LogP contribution in [0.5, 0.6) is 0 Å². The number of amides is 1. The normalized spacial score (nSPS) is 16.1. The van der Waals surface area contributed by atoms with Crippen LogP contribution < -0.4 is 16.0 Å². The Balaban J connectivity index is 1.20. The Morgan fingerprint density at radius 3 is 2.55 bits per heavy atom. The Bertz CT molecular complexity index is 1530. The lowest BCUT2D eigenvalue weighted by Crippen LogP contribution is -2.29. The minimum absolute atomic E-state index is 0.214. The highest BCUT2D eigenvalue weighted by atomic mass is 19.1. The van der Waals surface area contributed by atoms with E-state index < -0.39 is 11.6 Å². The molecule has 2 aliphatic rings. The van der Waals surface area contributed by atoms with Crippen molar-refractivity contribution in [3.63, 3.8) is 0 Å². The molecule has 220 valence electrons. The lowest BCUT2D eigenvalue weighted by atomic mass is 10.0. The van der Waals surface area contributed by atoms with Crippen LogP contribution in [0.25, 0.3) is 10.9 Å². The summed E-state index contributed by atoms with van der Waals surface area (Å²) in [6.45, 7) is 5.53. The molecule has 2 aliphatic heterocycles. The minimum atomic E-state index is -0.611. The van der Waals surface area contributed by atoms with E-state index in [1.165, 1.54) is 25.0 Å². The van der Waals surface area contributed by atoms with Crippen molar-refractivity contribution >= 4 is 34.0 Å². The number of halogens is 2. The van der Waals surface area contributed by atoms with Gasteiger partial charge in [0.25, 0.3) is 5.91 Å². The summed E-state index contributed by atoms with van der Waals surface area (Å²) in [5.74, 6) is -1.10. The number of nitrogens with one attached hydrogen (secondary N) is 4. The Hall–Kier alpha value is -4.02. The molecule has 3 aromatic carbocycles. The molecule has 0 atom stereocenters. The average molecular weight is 575 g/mol. The average Bonchev–Trinajstić information content (AvgIpc) is 3.63. The quantitative estimate of drug-likeness (QED) is 0.192. The fourth-order valence-electron chi connectivity index (χ4n) is 5.79. The molecule has 4 aromatic rings. The number of anilines is 3. The third-order valence-electron chi connectivity index (χ3n) is 7.99. The number of rotatable bonds is 10. The maximum absolute atomic E-state index is 13.7. The van der Waals surface area contributed by atoms with E-state index in [-0.39, 0.29) is 11.9 Å². The van der Waals surface area contributed by atoms with E-state index in [4.69, 9.17) is 4.74 Å². The molecule has 8 nitrogen and oxygen atoms in total. The number of ether oxygens (including phenoxy) is 1. The van der Waals surface area contributed by atoms with E-state index in [2.05, 4.69) is 31.0 Å². The molecule has 10 heteroatoms. The summed E-state index contributed by atoms with van der Waals surface area (Å²) in [5.41, 5.74) is 4.37. The summed E-state index contributed by atoms with van der Waals surface area (Å²) in [6.07, 6.45) is 4.62. The molecular formula is C32H36F2N6O2. The van der Waals surface area contributed by atoms with Crippen molar-refractivity contribution in [3.8, 4) is 0 Å². The molecule has 2 saturated heterocycles. The maximum Gasteiger partial charge on any atom is 0.258 e. The van der Waals surface area contributed by atoms with Crippen LogP contribution in [0.1, 0.15) is 47.2 Å². The number of carbonyl (C=O) groups is 1. The zero-order valence-corrected chi connectivity index (χ0v) is 23.5. The van der Waals surface area contributed by atoms with Crippen molar-refractivity contribution in [1.82, 2.24) is 15.1 Å². The minimum Gasteiger partial charge on any atom is -0.384 e. The number of benzene rings is 3. The van der Waals surface area contributed by atoms with Gasteiger partial charge in [0.2, 0.25) is 0 Å². The largest absolute Gasteiger partial charge is 0.384 e. The van der Waals surface area contributed by atoms with Gasteiger partial charge in [-0.1, -0.05) is 6.07 Å². The number of H-pyrrole nitrogens is 1. The highest BCUT2D eigenvalue weighted by Gasteiger charge is 2.20. The SMILES string of the molecule is O=C(Nc1n[nH]c2ccc(Cc3cc(F)cc(F)c3)cc12)c1ccc(NCCN2CCCC2)cc1NC1CCOCC1. The molecule has 6 rings (SSSR count). The van der Waals surface area contributed by atoms with Crippen LogP contribution in [-0.4, -0.2) is 66.4 Å². The van der Waals surface area contributed by atoms with Crippen molar-refractivity contribution in [2.45, 2.75) is 38.1 Å². The van der Waals surface area contributed by atoms with Gasteiger partial charge in [0.05, 0.1) is 11.1 Å². The van der Waals surface area contributed by atoms with Crippen molar-refractivity contribution < 1.29 is 18.3 Å². The van der Waals surface area contributed by atoms with E-state index in [9.17, 15) is 13.6 Å². The molecule has 0 unspecified atom stereocenters. The van der Waals surface area contributed by atoms with Crippen LogP contribution in [0.4, 0.5) is 26.0 Å². The van der Waals surface area contributed by atoms with Crippen LogP contribution in [0.2, 0.25) is 0 Å². The first kappa shape index (κ1) is 28.1. The fraction of sp³-hybridized carbons (Fsp3) is 0.375. The van der Waals surface area contributed by atoms with Crippen molar-refractivity contribution in [2.75, 3.05) is 55.3 Å². The standard InChI is InChI=1S/C32H36F2N6O2/c33-23-16-22(17-24(34)19-23)15-21-3-6-29-28(18-21)31(39-38-29)37-32(41)27-5-4-26(35-9-12-40-10-1-2-11-40)20-30(27)36-25-7-13-42-14-8-25/h3-6,16-20,25,35-36H,1-2,7-15H2,(H2,37,38,39,41). The Morgan fingerprint density at radius 2 is 1.76 bits per heavy atom. The summed E-state index contributed by atoms with van der Waals surface area (Å²) in [5, 5.41) is 18.1. The van der Waals surface area contributed by atoms with Crippen LogP contribution in [0.15, 0.2) is 54.6 Å². The van der Waals surface area contributed by atoms with Gasteiger partial charge in [-0.25, -0.2) is 8.78 Å². The number of nitrogens with zero attached hydrogens (tertiary/aromatic N) is 2. The monoisotopic (exact) mass is 574 g/mol. The molecule has 1 amide bonds. The van der Waals surface area contributed by atoms with Crippen molar-refractivity contribution in [1.29, 1.82) is 0 Å². The molecule has 0 saturated carbocycles. The van der Waals surface area contributed by atoms with Gasteiger partial charge in [-0.2, -0.15) is 5.10 Å². The number of hydrogen-bond donors (Lipinski definition) is 4. The molecule has 3 heterocycles. The molecule has 0 aliphatic carbocycles. The first-order chi connectivity index (χ1) is 20.5. The predicted octanol–water partition coefficient (Wildman–Crippen LogP) is 5.78. The maximum atomic E-state index is 13.7. The van der Waals surface area contributed by atoms with E-state index in [1.807, 2.05) is 36.4 Å². The second-order valence-corrected chi connectivity index (χ2v) is 11.1. The third kappa shape index (κ3) is 6.88. The summed E-state index contributed by atoms with van der Waals surface area (Å²) < 4.78 is 33.0. The topological polar surface area (TPSA) is 94.3 Å². The lowest BCUT2D eigenvalue weighted by Gasteiger charge is -2.25. The van der Waals surface area contributed by atoms with Crippen LogP contribution in [0.3, 0.4) is 0 Å². The molecule has 0 radical (unpaired) electrons. The fourth-order valence-corrected chi connectivity index (χ4v) is 5.79. The van der Waals surface area contributed by atoms with Crippen LogP contribution in [0, 0.1) is 11.6 Å². The number of likely N-dealkylation sites (tertiary alicyclic amines) is 1. The summed E-state index contributed by atoms with van der Waals surface area (Å²) >= 11 is 0. The van der Waals surface area contributed by atoms with E-state index in [0.717, 1.165) is 72.9 Å². The van der Waals surface area contributed by atoms with Crippen molar-refractivity contribution in [2.24, 2.45) is 0 Å². The molecule has 0 bridgehead atoms. The highest BCUT2D eigenvalue weighted by molar-refractivity contribution is 6.11. The van der Waals surface area contributed by atoms with Crippen LogP contribution in [-0.2, 0) is 11.2 Å². The highest BCUT2D eigenvalue weighted by Crippen LogP contribution is 2.28. The number of hydrogen-bond acceptors (Lipinski definition) is 6. The lowest BCUT2D eigenvalue weighted by molar-refractivity contribution is 0.0904. The predicted molar refractivity (Wildman–Crippen MR) is 161 cm³/mol. The van der Waals surface area contributed by atoms with Gasteiger partial charge >= 0.3 is 0 Å². The summed E-state index contributed by atoms with van der Waals surface area (Å²) in [7, 11) is 0. The van der Waals surface area contributed by atoms with Gasteiger partial charge in [0.1, 0.15) is 11.6 Å². The van der Waals surface area contributed by atoms with Gasteiger partial charge < -0.3 is 25.6 Å². The molecule has 1 aromatic heterocycles. The van der Waals surface area contributed by atoms with Gasteiger partial charge in [0, 0.05) is 55.2 Å². The Labute approximate surface area is 243 Å². The number of aromatic amines is 1. The molecule has 0 spiro atoms. The number of aromatic nitrogens is 2. The zero-order valence-electron chi connectivity index (χ0n) is 23.5. The first-order valence-corrected chi connectivity index (χ1v) is 14.7. The van der Waals surface area contributed by atoms with Crippen molar-refractivity contribution in [3.05, 3.63) is 82.9 Å². The van der Waals surface area contributed by atoms with E-state index >= 15 is 0 Å². The molecular weight excluding hydrogens is 538 g/mol. The van der Waals surface area contributed by atoms with Gasteiger partial charge in [0.15, 0.2) is 5.82 Å².